The molecule has 1 heterocycles. The Kier molecular flexibility index (Phi) is 5.83. The van der Waals surface area contributed by atoms with Gasteiger partial charge in [-0.2, -0.15) is 0 Å². The predicted octanol–water partition coefficient (Wildman–Crippen LogP) is 1.89. The van der Waals surface area contributed by atoms with Crippen molar-refractivity contribution >= 4 is 0 Å². The van der Waals surface area contributed by atoms with Crippen molar-refractivity contribution in [3.63, 3.8) is 0 Å². The molecule has 1 fully saturated rings. The van der Waals surface area contributed by atoms with Gasteiger partial charge in [-0.25, -0.2) is 0 Å². The fourth-order valence-electron chi connectivity index (χ4n) is 2.83. The number of ether oxygens (including phenoxy) is 2. The summed E-state index contributed by atoms with van der Waals surface area (Å²) < 4.78 is 10.9. The highest BCUT2D eigenvalue weighted by Crippen LogP contribution is 2.18. The van der Waals surface area contributed by atoms with Crippen LogP contribution in [0, 0.1) is 0 Å². The van der Waals surface area contributed by atoms with Gasteiger partial charge in [0, 0.05) is 25.2 Å². The van der Waals surface area contributed by atoms with Crippen LogP contribution in [0.25, 0.3) is 0 Å². The second kappa shape index (κ2) is 7.62. The summed E-state index contributed by atoms with van der Waals surface area (Å²) in [6.07, 6.45) is 1.08. The van der Waals surface area contributed by atoms with Gasteiger partial charge in [0.2, 0.25) is 0 Å². The molecule has 20 heavy (non-hydrogen) atoms. The van der Waals surface area contributed by atoms with Gasteiger partial charge in [-0.1, -0.05) is 19.1 Å². The van der Waals surface area contributed by atoms with Crippen molar-refractivity contribution in [2.45, 2.75) is 32.0 Å². The average Bonchev–Trinajstić information content (AvgIpc) is 2.48. The Balaban J connectivity index is 1.99. The third kappa shape index (κ3) is 3.95. The van der Waals surface area contributed by atoms with E-state index in [9.17, 15) is 0 Å². The minimum Gasteiger partial charge on any atom is -0.497 e. The molecule has 1 aromatic carbocycles. The SMILES string of the molecule is CCNC1CCOCC1N(C)Cc1cccc(OC)c1. The summed E-state index contributed by atoms with van der Waals surface area (Å²) in [7, 11) is 3.88. The zero-order valence-corrected chi connectivity index (χ0v) is 12.8. The number of methoxy groups -OCH3 is 1. The van der Waals surface area contributed by atoms with Gasteiger partial charge in [0.25, 0.3) is 0 Å². The van der Waals surface area contributed by atoms with Crippen molar-refractivity contribution in [2.75, 3.05) is 33.9 Å². The average molecular weight is 278 g/mol. The zero-order valence-electron chi connectivity index (χ0n) is 12.8. The molecule has 112 valence electrons. The quantitative estimate of drug-likeness (QED) is 0.861. The van der Waals surface area contributed by atoms with Crippen molar-refractivity contribution in [3.8, 4) is 5.75 Å². The number of rotatable bonds is 6. The summed E-state index contributed by atoms with van der Waals surface area (Å²) in [6, 6.07) is 9.21. The molecule has 1 N–H and O–H groups in total. The fourth-order valence-corrected chi connectivity index (χ4v) is 2.83. The molecule has 0 bridgehead atoms. The van der Waals surface area contributed by atoms with E-state index in [1.54, 1.807) is 7.11 Å². The second-order valence-corrected chi connectivity index (χ2v) is 5.36. The Morgan fingerprint density at radius 2 is 2.30 bits per heavy atom. The van der Waals surface area contributed by atoms with Gasteiger partial charge >= 0.3 is 0 Å². The first-order chi connectivity index (χ1) is 9.74. The lowest BCUT2D eigenvalue weighted by molar-refractivity contribution is 0.00383. The van der Waals surface area contributed by atoms with E-state index >= 15 is 0 Å². The number of nitrogens with one attached hydrogen (secondary N) is 1. The van der Waals surface area contributed by atoms with Gasteiger partial charge in [0.1, 0.15) is 5.75 Å². The Labute approximate surface area is 122 Å². The van der Waals surface area contributed by atoms with Gasteiger partial charge in [-0.3, -0.25) is 4.90 Å². The lowest BCUT2D eigenvalue weighted by Crippen LogP contribution is -2.53. The first-order valence-electron chi connectivity index (χ1n) is 7.39. The Bertz CT molecular complexity index is 409. The summed E-state index contributed by atoms with van der Waals surface area (Å²) >= 11 is 0. The van der Waals surface area contributed by atoms with E-state index in [0.29, 0.717) is 12.1 Å². The molecule has 1 aliphatic rings. The summed E-state index contributed by atoms with van der Waals surface area (Å²) in [4.78, 5) is 2.38. The first kappa shape index (κ1) is 15.3. The van der Waals surface area contributed by atoms with Crippen molar-refractivity contribution in [1.82, 2.24) is 10.2 Å². The highest BCUT2D eigenvalue weighted by atomic mass is 16.5. The summed E-state index contributed by atoms with van der Waals surface area (Å²) in [5.41, 5.74) is 1.27. The lowest BCUT2D eigenvalue weighted by Gasteiger charge is -2.38. The molecular weight excluding hydrogens is 252 g/mol. The van der Waals surface area contributed by atoms with Gasteiger partial charge in [-0.15, -0.1) is 0 Å². The predicted molar refractivity (Wildman–Crippen MR) is 81.1 cm³/mol. The minimum atomic E-state index is 0.426. The van der Waals surface area contributed by atoms with Crippen molar-refractivity contribution in [1.29, 1.82) is 0 Å². The largest absolute Gasteiger partial charge is 0.497 e. The summed E-state index contributed by atoms with van der Waals surface area (Å²) in [5, 5.41) is 3.58. The molecule has 2 atom stereocenters. The van der Waals surface area contributed by atoms with Crippen LogP contribution >= 0.6 is 0 Å². The number of hydrogen-bond donors (Lipinski definition) is 1. The van der Waals surface area contributed by atoms with Crippen LogP contribution in [-0.2, 0) is 11.3 Å². The molecule has 0 spiro atoms. The van der Waals surface area contributed by atoms with Crippen LogP contribution in [0.3, 0.4) is 0 Å². The molecular formula is C16H26N2O2. The second-order valence-electron chi connectivity index (χ2n) is 5.36. The molecule has 0 aliphatic carbocycles. The highest BCUT2D eigenvalue weighted by molar-refractivity contribution is 5.28. The molecule has 0 radical (unpaired) electrons. The summed E-state index contributed by atoms with van der Waals surface area (Å²) in [5.74, 6) is 0.916. The molecule has 2 rings (SSSR count). The maximum Gasteiger partial charge on any atom is 0.119 e. The normalized spacial score (nSPS) is 23.0. The van der Waals surface area contributed by atoms with E-state index < -0.39 is 0 Å². The van der Waals surface area contributed by atoms with Crippen molar-refractivity contribution in [3.05, 3.63) is 29.8 Å². The van der Waals surface area contributed by atoms with E-state index in [2.05, 4.69) is 36.3 Å². The molecule has 2 unspecified atom stereocenters. The molecule has 0 saturated carbocycles. The molecule has 4 heteroatoms. The zero-order chi connectivity index (χ0) is 14.4. The lowest BCUT2D eigenvalue weighted by atomic mass is 10.0. The number of hydrogen-bond acceptors (Lipinski definition) is 4. The van der Waals surface area contributed by atoms with E-state index in [1.807, 2.05) is 12.1 Å². The Hall–Kier alpha value is -1.10. The third-order valence-corrected chi connectivity index (χ3v) is 3.92. The maximum absolute atomic E-state index is 5.66. The first-order valence-corrected chi connectivity index (χ1v) is 7.39. The van der Waals surface area contributed by atoms with E-state index in [1.165, 1.54) is 5.56 Å². The maximum atomic E-state index is 5.66. The van der Waals surface area contributed by atoms with Crippen molar-refractivity contribution < 1.29 is 9.47 Å². The molecule has 1 aromatic rings. The standard InChI is InChI=1S/C16H26N2O2/c1-4-17-15-8-9-20-12-16(15)18(2)11-13-6-5-7-14(10-13)19-3/h5-7,10,15-17H,4,8-9,11-12H2,1-3H3. The Morgan fingerprint density at radius 1 is 1.45 bits per heavy atom. The molecule has 4 nitrogen and oxygen atoms in total. The third-order valence-electron chi connectivity index (χ3n) is 3.92. The van der Waals surface area contributed by atoms with Crippen molar-refractivity contribution in [2.24, 2.45) is 0 Å². The van der Waals surface area contributed by atoms with Gasteiger partial charge in [0.15, 0.2) is 0 Å². The van der Waals surface area contributed by atoms with Gasteiger partial charge in [0.05, 0.1) is 13.7 Å². The monoisotopic (exact) mass is 278 g/mol. The smallest absolute Gasteiger partial charge is 0.119 e. The fraction of sp³-hybridized carbons (Fsp3) is 0.625. The number of benzene rings is 1. The van der Waals surface area contributed by atoms with Gasteiger partial charge in [-0.05, 0) is 37.7 Å². The summed E-state index contributed by atoms with van der Waals surface area (Å²) in [6.45, 7) is 5.75. The van der Waals surface area contributed by atoms with Crippen LogP contribution in [0.1, 0.15) is 18.9 Å². The van der Waals surface area contributed by atoms with E-state index in [0.717, 1.165) is 38.5 Å². The molecule has 1 aliphatic heterocycles. The minimum absolute atomic E-state index is 0.426. The Morgan fingerprint density at radius 3 is 3.05 bits per heavy atom. The molecule has 0 aromatic heterocycles. The van der Waals surface area contributed by atoms with Crippen LogP contribution in [-0.4, -0.2) is 50.9 Å². The van der Waals surface area contributed by atoms with Crippen LogP contribution in [0.4, 0.5) is 0 Å². The van der Waals surface area contributed by atoms with Gasteiger partial charge < -0.3 is 14.8 Å². The molecule has 0 amide bonds. The van der Waals surface area contributed by atoms with Crippen LogP contribution in [0.15, 0.2) is 24.3 Å². The highest BCUT2D eigenvalue weighted by Gasteiger charge is 2.28. The number of likely N-dealkylation sites (N-methyl/N-ethyl adjacent to an activating group) is 2. The van der Waals surface area contributed by atoms with E-state index in [4.69, 9.17) is 9.47 Å². The number of nitrogens with zero attached hydrogens (tertiary/aromatic N) is 1. The van der Waals surface area contributed by atoms with E-state index in [-0.39, 0.29) is 0 Å². The molecule has 1 saturated heterocycles. The van der Waals surface area contributed by atoms with Crippen LogP contribution < -0.4 is 10.1 Å². The van der Waals surface area contributed by atoms with Crippen LogP contribution in [0.2, 0.25) is 0 Å². The topological polar surface area (TPSA) is 33.7 Å². The van der Waals surface area contributed by atoms with Crippen LogP contribution in [0.5, 0.6) is 5.75 Å².